The van der Waals surface area contributed by atoms with E-state index in [2.05, 4.69) is 10.1 Å². The summed E-state index contributed by atoms with van der Waals surface area (Å²) in [5.74, 6) is 0. The fraction of sp³-hybridized carbons (Fsp3) is 0.500. The van der Waals surface area contributed by atoms with Crippen LogP contribution in [0.5, 0.6) is 0 Å². The van der Waals surface area contributed by atoms with Crippen LogP contribution in [0.4, 0.5) is 13.2 Å². The van der Waals surface area contributed by atoms with E-state index in [4.69, 9.17) is 11.6 Å². The molecule has 2 rings (SSSR count). The van der Waals surface area contributed by atoms with E-state index in [1.165, 1.54) is 17.5 Å². The lowest BCUT2D eigenvalue weighted by atomic mass is 9.93. The van der Waals surface area contributed by atoms with E-state index >= 15 is 0 Å². The van der Waals surface area contributed by atoms with Crippen molar-refractivity contribution >= 4 is 17.2 Å². The molecule has 0 spiro atoms. The number of halogens is 4. The Hall–Kier alpha value is -1.30. The molecule has 104 valence electrons. The summed E-state index contributed by atoms with van der Waals surface area (Å²) in [6.45, 7) is 7.04. The molecule has 0 atom stereocenters. The van der Waals surface area contributed by atoms with E-state index < -0.39 is 11.9 Å². The van der Waals surface area contributed by atoms with Gasteiger partial charge in [-0.3, -0.25) is 0 Å². The second-order valence-corrected chi connectivity index (χ2v) is 5.78. The van der Waals surface area contributed by atoms with Crippen molar-refractivity contribution in [3.63, 3.8) is 0 Å². The quantitative estimate of drug-likeness (QED) is 0.687. The Balaban J connectivity index is 2.77. The summed E-state index contributed by atoms with van der Waals surface area (Å²) in [6, 6.07) is 1.53. The molecule has 0 fully saturated rings. The van der Waals surface area contributed by atoms with Gasteiger partial charge in [-0.05, 0) is 6.92 Å². The smallest absolute Gasteiger partial charge is 0.224 e. The zero-order valence-corrected chi connectivity index (χ0v) is 11.7. The molecular weight excluding hydrogens is 279 g/mol. The molecule has 2 aromatic rings. The number of fused-ring (bicyclic) bond motifs is 1. The maximum atomic E-state index is 12.8. The molecule has 19 heavy (non-hydrogen) atoms. The van der Waals surface area contributed by atoms with Gasteiger partial charge in [0.25, 0.3) is 0 Å². The number of hydrogen-bond acceptors (Lipinski definition) is 2. The highest BCUT2D eigenvalue weighted by Gasteiger charge is 2.36. The Morgan fingerprint density at radius 1 is 1.21 bits per heavy atom. The predicted molar refractivity (Wildman–Crippen MR) is 66.4 cm³/mol. The molecule has 3 nitrogen and oxygen atoms in total. The van der Waals surface area contributed by atoms with Crippen LogP contribution >= 0.6 is 11.6 Å². The van der Waals surface area contributed by atoms with Gasteiger partial charge in [-0.25, -0.2) is 9.50 Å². The standard InChI is InChI=1S/C12H13ClF3N3/c1-6-9(12(14,15)16)17-8-5-7(11(2,3)4)18-19(8)10(6)13/h5H,1-4H3. The number of nitrogens with zero attached hydrogens (tertiary/aromatic N) is 3. The maximum Gasteiger partial charge on any atom is 0.433 e. The lowest BCUT2D eigenvalue weighted by Gasteiger charge is -2.13. The van der Waals surface area contributed by atoms with Crippen LogP contribution in [0.25, 0.3) is 5.65 Å². The normalized spacial score (nSPS) is 13.3. The summed E-state index contributed by atoms with van der Waals surface area (Å²) in [5, 5.41) is 4.16. The Labute approximate surface area is 113 Å². The summed E-state index contributed by atoms with van der Waals surface area (Å²) in [5.41, 5.74) is -0.632. The highest BCUT2D eigenvalue weighted by Crippen LogP contribution is 2.34. The Morgan fingerprint density at radius 3 is 2.26 bits per heavy atom. The zero-order valence-electron chi connectivity index (χ0n) is 10.9. The molecule has 0 radical (unpaired) electrons. The Morgan fingerprint density at radius 2 is 1.79 bits per heavy atom. The second kappa shape index (κ2) is 4.10. The highest BCUT2D eigenvalue weighted by atomic mass is 35.5. The lowest BCUT2D eigenvalue weighted by molar-refractivity contribution is -0.141. The van der Waals surface area contributed by atoms with Crippen LogP contribution in [-0.2, 0) is 11.6 Å². The monoisotopic (exact) mass is 291 g/mol. The first-order chi connectivity index (χ1) is 8.51. The van der Waals surface area contributed by atoms with Gasteiger partial charge < -0.3 is 0 Å². The molecular formula is C12H13ClF3N3. The van der Waals surface area contributed by atoms with Crippen molar-refractivity contribution < 1.29 is 13.2 Å². The van der Waals surface area contributed by atoms with Gasteiger partial charge in [0.05, 0.1) is 5.69 Å². The zero-order chi connectivity index (χ0) is 14.6. The van der Waals surface area contributed by atoms with Crippen molar-refractivity contribution in [3.05, 3.63) is 28.2 Å². The van der Waals surface area contributed by atoms with Crippen molar-refractivity contribution in [1.82, 2.24) is 14.6 Å². The summed E-state index contributed by atoms with van der Waals surface area (Å²) in [7, 11) is 0. The molecule has 0 unspecified atom stereocenters. The SMILES string of the molecule is Cc1c(C(F)(F)F)nc2cc(C(C)(C)C)nn2c1Cl. The van der Waals surface area contributed by atoms with Crippen molar-refractivity contribution in [2.24, 2.45) is 0 Å². The van der Waals surface area contributed by atoms with Gasteiger partial charge in [0.1, 0.15) is 5.15 Å². The fourth-order valence-electron chi connectivity index (χ4n) is 1.69. The third kappa shape index (κ3) is 2.41. The van der Waals surface area contributed by atoms with Crippen LogP contribution in [0.15, 0.2) is 6.07 Å². The van der Waals surface area contributed by atoms with E-state index in [9.17, 15) is 13.2 Å². The van der Waals surface area contributed by atoms with E-state index in [0.717, 1.165) is 0 Å². The minimum absolute atomic E-state index is 0.0622. The largest absolute Gasteiger partial charge is 0.433 e. The van der Waals surface area contributed by atoms with Gasteiger partial charge in [-0.15, -0.1) is 0 Å². The van der Waals surface area contributed by atoms with Crippen LogP contribution in [0.1, 0.15) is 37.7 Å². The Kier molecular flexibility index (Phi) is 3.04. The van der Waals surface area contributed by atoms with Gasteiger partial charge in [-0.1, -0.05) is 32.4 Å². The Bertz CT molecular complexity index is 638. The first-order valence-corrected chi connectivity index (χ1v) is 6.03. The van der Waals surface area contributed by atoms with Gasteiger partial charge in [0.2, 0.25) is 0 Å². The van der Waals surface area contributed by atoms with Crippen molar-refractivity contribution in [3.8, 4) is 0 Å². The summed E-state index contributed by atoms with van der Waals surface area (Å²) in [4.78, 5) is 3.63. The van der Waals surface area contributed by atoms with Gasteiger partial charge >= 0.3 is 6.18 Å². The topological polar surface area (TPSA) is 30.2 Å². The molecule has 0 amide bonds. The fourth-order valence-corrected chi connectivity index (χ4v) is 1.91. The molecule has 2 heterocycles. The summed E-state index contributed by atoms with van der Waals surface area (Å²) < 4.78 is 39.8. The predicted octanol–water partition coefficient (Wildman–Crippen LogP) is 4.01. The minimum atomic E-state index is -4.53. The van der Waals surface area contributed by atoms with Gasteiger partial charge in [0.15, 0.2) is 11.3 Å². The van der Waals surface area contributed by atoms with Crippen molar-refractivity contribution in [2.75, 3.05) is 0 Å². The van der Waals surface area contributed by atoms with Crippen molar-refractivity contribution in [2.45, 2.75) is 39.3 Å². The molecule has 0 bridgehead atoms. The summed E-state index contributed by atoms with van der Waals surface area (Å²) >= 11 is 5.96. The van der Waals surface area contributed by atoms with Crippen LogP contribution in [0.3, 0.4) is 0 Å². The number of alkyl halides is 3. The molecule has 0 saturated heterocycles. The van der Waals surface area contributed by atoms with Gasteiger partial charge in [-0.2, -0.15) is 18.3 Å². The summed E-state index contributed by atoms with van der Waals surface area (Å²) in [6.07, 6.45) is -4.53. The lowest BCUT2D eigenvalue weighted by Crippen LogP contribution is -2.13. The third-order valence-corrected chi connectivity index (χ3v) is 3.25. The third-order valence-electron chi connectivity index (χ3n) is 2.80. The van der Waals surface area contributed by atoms with Crippen LogP contribution in [0.2, 0.25) is 5.15 Å². The molecule has 0 aliphatic rings. The van der Waals surface area contributed by atoms with Crippen molar-refractivity contribution in [1.29, 1.82) is 0 Å². The molecule has 0 aliphatic heterocycles. The van der Waals surface area contributed by atoms with Gasteiger partial charge in [0, 0.05) is 17.0 Å². The molecule has 0 saturated carbocycles. The van der Waals surface area contributed by atoms with E-state index in [1.54, 1.807) is 0 Å². The second-order valence-electron chi connectivity index (χ2n) is 5.42. The molecule has 0 aliphatic carbocycles. The van der Waals surface area contributed by atoms with Crippen LogP contribution < -0.4 is 0 Å². The number of rotatable bonds is 0. The maximum absolute atomic E-state index is 12.8. The molecule has 7 heteroatoms. The van der Waals surface area contributed by atoms with E-state index in [1.807, 2.05) is 20.8 Å². The molecule has 0 aromatic carbocycles. The first kappa shape index (κ1) is 14.1. The van der Waals surface area contributed by atoms with Crippen LogP contribution in [0, 0.1) is 6.92 Å². The molecule has 0 N–H and O–H groups in total. The van der Waals surface area contributed by atoms with E-state index in [0.29, 0.717) is 5.69 Å². The number of hydrogen-bond donors (Lipinski definition) is 0. The van der Waals surface area contributed by atoms with Crippen LogP contribution in [-0.4, -0.2) is 14.6 Å². The van der Waals surface area contributed by atoms with E-state index in [-0.39, 0.29) is 21.8 Å². The average Bonchev–Trinajstić information content (AvgIpc) is 2.65. The molecule has 2 aromatic heterocycles. The minimum Gasteiger partial charge on any atom is -0.224 e. The first-order valence-electron chi connectivity index (χ1n) is 5.65. The average molecular weight is 292 g/mol. The number of aromatic nitrogens is 3. The highest BCUT2D eigenvalue weighted by molar-refractivity contribution is 6.30.